The fourth-order valence-corrected chi connectivity index (χ4v) is 4.68. The van der Waals surface area contributed by atoms with Crippen LogP contribution in [0.5, 0.6) is 0 Å². The summed E-state index contributed by atoms with van der Waals surface area (Å²) in [7, 11) is 0. The molecule has 218 valence electrons. The quantitative estimate of drug-likeness (QED) is 0.391. The second kappa shape index (κ2) is 11.7. The predicted molar refractivity (Wildman–Crippen MR) is 148 cm³/mol. The maximum atomic E-state index is 13.4. The second-order valence-electron chi connectivity index (χ2n) is 11.6. The predicted octanol–water partition coefficient (Wildman–Crippen LogP) is 3.91. The summed E-state index contributed by atoms with van der Waals surface area (Å²) >= 11 is 0. The first-order chi connectivity index (χ1) is 18.6. The Morgan fingerprint density at radius 3 is 2.45 bits per heavy atom. The Bertz CT molecular complexity index is 1230. The molecule has 1 fully saturated rings. The Morgan fingerprint density at radius 2 is 1.82 bits per heavy atom. The molecule has 3 N–H and O–H groups in total. The molecule has 1 aromatic rings. The topological polar surface area (TPSA) is 143 Å². The Hall–Kier alpha value is -3.89. The molecule has 11 nitrogen and oxygen atoms in total. The number of rotatable bonds is 9. The van der Waals surface area contributed by atoms with Gasteiger partial charge in [-0.3, -0.25) is 14.4 Å². The monoisotopic (exact) mass is 556 g/mol. The number of nitrogens with one attached hydrogen (secondary N) is 3. The van der Waals surface area contributed by atoms with Gasteiger partial charge < -0.3 is 25.4 Å². The third-order valence-electron chi connectivity index (χ3n) is 6.76. The molecule has 1 atom stereocenters. The maximum Gasteiger partial charge on any atom is 0.418 e. The van der Waals surface area contributed by atoms with Crippen molar-refractivity contribution in [3.05, 3.63) is 41.0 Å². The standard InChI is InChI=1S/C29H40N4O7/c1-8-10-18(9-2)16-30-22(34)17-33-24(36)29(40-26(33)38)14-13-19-15-20(11-12-21(19)29)31-23(35)28(6,7)32-25(37)39-27(3,4)5/h10-12,15H,8-9,13-14,16-17H2,1-7H3,(H,30,34)(H,31,35)(H,32,37)/b18-10+/t29-/m0/s1. The molecule has 1 saturated heterocycles. The van der Waals surface area contributed by atoms with Crippen molar-refractivity contribution >= 4 is 35.6 Å². The van der Waals surface area contributed by atoms with Crippen LogP contribution in [-0.2, 0) is 35.9 Å². The summed E-state index contributed by atoms with van der Waals surface area (Å²) in [5.74, 6) is -1.49. The second-order valence-corrected chi connectivity index (χ2v) is 11.6. The van der Waals surface area contributed by atoms with Crippen molar-refractivity contribution in [3.8, 4) is 0 Å². The molecule has 1 spiro atoms. The molecule has 1 aliphatic heterocycles. The molecular formula is C29H40N4O7. The van der Waals surface area contributed by atoms with Crippen molar-refractivity contribution < 1.29 is 33.4 Å². The van der Waals surface area contributed by atoms with Gasteiger partial charge in [-0.25, -0.2) is 14.5 Å². The van der Waals surface area contributed by atoms with E-state index in [1.54, 1.807) is 52.8 Å². The zero-order valence-electron chi connectivity index (χ0n) is 24.4. The smallest absolute Gasteiger partial charge is 0.418 e. The van der Waals surface area contributed by atoms with Crippen molar-refractivity contribution in [3.63, 3.8) is 0 Å². The fourth-order valence-electron chi connectivity index (χ4n) is 4.68. The first-order valence-corrected chi connectivity index (χ1v) is 13.6. The third kappa shape index (κ3) is 6.81. The number of ether oxygens (including phenoxy) is 2. The highest BCUT2D eigenvalue weighted by atomic mass is 16.6. The summed E-state index contributed by atoms with van der Waals surface area (Å²) in [6.45, 7) is 12.2. The van der Waals surface area contributed by atoms with Gasteiger partial charge in [0.25, 0.3) is 5.91 Å². The molecule has 0 bridgehead atoms. The summed E-state index contributed by atoms with van der Waals surface area (Å²) in [6, 6.07) is 4.97. The molecule has 40 heavy (non-hydrogen) atoms. The summed E-state index contributed by atoms with van der Waals surface area (Å²) in [5, 5.41) is 8.11. The number of hydrogen-bond donors (Lipinski definition) is 3. The van der Waals surface area contributed by atoms with Crippen LogP contribution < -0.4 is 16.0 Å². The number of benzene rings is 1. The number of aryl methyl sites for hydroxylation is 1. The Labute approximate surface area is 235 Å². The van der Waals surface area contributed by atoms with Crippen LogP contribution in [0.4, 0.5) is 15.3 Å². The van der Waals surface area contributed by atoms with Gasteiger partial charge in [0.2, 0.25) is 17.4 Å². The molecule has 11 heteroatoms. The van der Waals surface area contributed by atoms with Gasteiger partial charge in [-0.05, 0) is 71.6 Å². The third-order valence-corrected chi connectivity index (χ3v) is 6.76. The van der Waals surface area contributed by atoms with Crippen LogP contribution in [0.2, 0.25) is 0 Å². The molecule has 1 aliphatic carbocycles. The van der Waals surface area contributed by atoms with Gasteiger partial charge in [0, 0.05) is 24.2 Å². The summed E-state index contributed by atoms with van der Waals surface area (Å²) in [4.78, 5) is 64.5. The van der Waals surface area contributed by atoms with E-state index < -0.39 is 53.2 Å². The lowest BCUT2D eigenvalue weighted by atomic mass is 9.94. The van der Waals surface area contributed by atoms with E-state index in [4.69, 9.17) is 9.47 Å². The maximum absolute atomic E-state index is 13.4. The summed E-state index contributed by atoms with van der Waals surface area (Å²) < 4.78 is 10.8. The van der Waals surface area contributed by atoms with Crippen LogP contribution in [-0.4, -0.2) is 59.0 Å². The van der Waals surface area contributed by atoms with Crippen molar-refractivity contribution in [2.45, 2.75) is 90.9 Å². The number of nitrogens with zero attached hydrogens (tertiary/aromatic N) is 1. The molecule has 0 unspecified atom stereocenters. The van der Waals surface area contributed by atoms with Crippen molar-refractivity contribution in [2.75, 3.05) is 18.4 Å². The van der Waals surface area contributed by atoms with E-state index in [9.17, 15) is 24.0 Å². The minimum atomic E-state index is -1.50. The van der Waals surface area contributed by atoms with E-state index >= 15 is 0 Å². The van der Waals surface area contributed by atoms with Gasteiger partial charge in [-0.2, -0.15) is 0 Å². The zero-order valence-corrected chi connectivity index (χ0v) is 24.4. The molecular weight excluding hydrogens is 516 g/mol. The number of anilines is 1. The van der Waals surface area contributed by atoms with Gasteiger partial charge in [-0.1, -0.05) is 31.6 Å². The van der Waals surface area contributed by atoms with Crippen molar-refractivity contribution in [1.82, 2.24) is 15.5 Å². The van der Waals surface area contributed by atoms with E-state index in [0.717, 1.165) is 28.9 Å². The van der Waals surface area contributed by atoms with Crippen LogP contribution in [0.1, 0.15) is 78.9 Å². The first kappa shape index (κ1) is 30.6. The van der Waals surface area contributed by atoms with Crippen LogP contribution >= 0.6 is 0 Å². The minimum absolute atomic E-state index is 0.230. The molecule has 0 radical (unpaired) electrons. The number of alkyl carbamates (subject to hydrolysis) is 1. The highest BCUT2D eigenvalue weighted by Crippen LogP contribution is 2.46. The summed E-state index contributed by atoms with van der Waals surface area (Å²) in [6.07, 6.45) is 2.76. The molecule has 3 rings (SSSR count). The van der Waals surface area contributed by atoms with E-state index in [0.29, 0.717) is 24.2 Å². The molecule has 2 aliphatic rings. The van der Waals surface area contributed by atoms with E-state index in [-0.39, 0.29) is 6.42 Å². The van der Waals surface area contributed by atoms with Gasteiger partial charge in [0.05, 0.1) is 0 Å². The molecule has 0 aromatic heterocycles. The molecule has 1 aromatic carbocycles. The van der Waals surface area contributed by atoms with Crippen LogP contribution in [0.15, 0.2) is 29.8 Å². The van der Waals surface area contributed by atoms with Crippen molar-refractivity contribution in [1.29, 1.82) is 0 Å². The highest BCUT2D eigenvalue weighted by Gasteiger charge is 2.58. The lowest BCUT2D eigenvalue weighted by Crippen LogP contribution is -2.53. The number of imide groups is 1. The normalized spacial score (nSPS) is 18.9. The zero-order chi connectivity index (χ0) is 29.9. The van der Waals surface area contributed by atoms with Crippen LogP contribution in [0.25, 0.3) is 0 Å². The number of carbonyl (C=O) groups is 5. The first-order valence-electron chi connectivity index (χ1n) is 13.6. The van der Waals surface area contributed by atoms with E-state index in [1.807, 2.05) is 19.9 Å². The van der Waals surface area contributed by atoms with Gasteiger partial charge in [-0.15, -0.1) is 0 Å². The largest absolute Gasteiger partial charge is 0.444 e. The molecule has 0 saturated carbocycles. The average molecular weight is 557 g/mol. The van der Waals surface area contributed by atoms with E-state index in [1.165, 1.54) is 0 Å². The summed E-state index contributed by atoms with van der Waals surface area (Å²) in [5.41, 5.74) is -0.692. The SMILES string of the molecule is CC/C=C(\CC)CNC(=O)CN1C(=O)O[C@]2(CCc3cc(NC(=O)C(C)(C)NC(=O)OC(C)(C)C)ccc32)C1=O. The average Bonchev–Trinajstić information content (AvgIpc) is 3.32. The Morgan fingerprint density at radius 1 is 1.12 bits per heavy atom. The highest BCUT2D eigenvalue weighted by molar-refractivity contribution is 6.06. The van der Waals surface area contributed by atoms with Crippen LogP contribution in [0, 0.1) is 0 Å². The van der Waals surface area contributed by atoms with Gasteiger partial charge in [0.15, 0.2) is 0 Å². The van der Waals surface area contributed by atoms with Crippen LogP contribution in [0.3, 0.4) is 0 Å². The van der Waals surface area contributed by atoms with Crippen molar-refractivity contribution in [2.24, 2.45) is 0 Å². The van der Waals surface area contributed by atoms with E-state index in [2.05, 4.69) is 16.0 Å². The number of hydrogen-bond acceptors (Lipinski definition) is 7. The van der Waals surface area contributed by atoms with Gasteiger partial charge >= 0.3 is 12.2 Å². The fraction of sp³-hybridized carbons (Fsp3) is 0.552. The number of allylic oxidation sites excluding steroid dienone is 1. The Kier molecular flexibility index (Phi) is 8.96. The number of fused-ring (bicyclic) bond motifs is 2. The molecule has 5 amide bonds. The molecule has 1 heterocycles. The number of amides is 5. The Balaban J connectivity index is 1.68. The minimum Gasteiger partial charge on any atom is -0.444 e. The lowest BCUT2D eigenvalue weighted by Gasteiger charge is -2.27. The van der Waals surface area contributed by atoms with Gasteiger partial charge in [0.1, 0.15) is 17.7 Å². The lowest BCUT2D eigenvalue weighted by molar-refractivity contribution is -0.139. The number of carbonyl (C=O) groups excluding carboxylic acids is 5.